The summed E-state index contributed by atoms with van der Waals surface area (Å²) in [4.78, 5) is 12.0. The summed E-state index contributed by atoms with van der Waals surface area (Å²) in [6.07, 6.45) is 0. The van der Waals surface area contributed by atoms with Gasteiger partial charge in [0.25, 0.3) is 5.91 Å². The van der Waals surface area contributed by atoms with Gasteiger partial charge in [-0.15, -0.1) is 0 Å². The van der Waals surface area contributed by atoms with Gasteiger partial charge in [-0.2, -0.15) is 0 Å². The molecule has 92 valence electrons. The minimum atomic E-state index is -0.322. The van der Waals surface area contributed by atoms with Gasteiger partial charge < -0.3 is 11.1 Å². The molecule has 0 spiro atoms. The number of nitrogen functional groups attached to an aromatic ring is 1. The number of para-hydroxylation sites is 1. The van der Waals surface area contributed by atoms with Crippen LogP contribution in [0.5, 0.6) is 0 Å². The Kier molecular flexibility index (Phi) is 3.75. The Morgan fingerprint density at radius 2 is 1.83 bits per heavy atom. The van der Waals surface area contributed by atoms with Gasteiger partial charge in [0, 0.05) is 10.7 Å². The zero-order valence-corrected chi connectivity index (χ0v) is 10.8. The Labute approximate surface area is 115 Å². The number of hydrogen-bond donors (Lipinski definition) is 2. The van der Waals surface area contributed by atoms with Crippen LogP contribution in [0.1, 0.15) is 10.4 Å². The van der Waals surface area contributed by atoms with E-state index in [0.717, 1.165) is 0 Å². The van der Waals surface area contributed by atoms with Gasteiger partial charge in [0.15, 0.2) is 0 Å². The molecule has 0 atom stereocenters. The molecule has 0 radical (unpaired) electrons. The van der Waals surface area contributed by atoms with Crippen LogP contribution in [0.3, 0.4) is 0 Å². The van der Waals surface area contributed by atoms with E-state index in [1.807, 2.05) is 0 Å². The van der Waals surface area contributed by atoms with Gasteiger partial charge in [0.1, 0.15) is 0 Å². The smallest absolute Gasteiger partial charge is 0.257 e. The lowest BCUT2D eigenvalue weighted by molar-refractivity contribution is 0.102. The van der Waals surface area contributed by atoms with Crippen LogP contribution in [0.4, 0.5) is 11.4 Å². The molecule has 3 nitrogen and oxygen atoms in total. The van der Waals surface area contributed by atoms with Crippen LogP contribution < -0.4 is 11.1 Å². The van der Waals surface area contributed by atoms with E-state index in [0.29, 0.717) is 27.0 Å². The van der Waals surface area contributed by atoms with E-state index < -0.39 is 0 Å². The number of hydrogen-bond acceptors (Lipinski definition) is 2. The molecule has 0 aromatic heterocycles. The summed E-state index contributed by atoms with van der Waals surface area (Å²) in [6, 6.07) is 11.7. The highest BCUT2D eigenvalue weighted by molar-refractivity contribution is 6.36. The molecule has 0 heterocycles. The minimum absolute atomic E-state index is 0.322. The number of anilines is 2. The fraction of sp³-hybridized carbons (Fsp3) is 0. The second-order valence-corrected chi connectivity index (χ2v) is 4.51. The van der Waals surface area contributed by atoms with Crippen molar-refractivity contribution < 1.29 is 4.79 Å². The maximum atomic E-state index is 12.0. The van der Waals surface area contributed by atoms with E-state index >= 15 is 0 Å². The molecule has 0 aliphatic rings. The third-order valence-corrected chi connectivity index (χ3v) is 2.95. The predicted molar refractivity (Wildman–Crippen MR) is 75.3 cm³/mol. The number of amides is 1. The average molecular weight is 281 g/mol. The molecule has 0 bridgehead atoms. The van der Waals surface area contributed by atoms with Crippen LogP contribution in [0.2, 0.25) is 10.0 Å². The Morgan fingerprint density at radius 1 is 1.11 bits per heavy atom. The molecule has 1 amide bonds. The summed E-state index contributed by atoms with van der Waals surface area (Å²) < 4.78 is 0. The standard InChI is InChI=1S/C13H10Cl2N2O/c14-8-5-6-10(15)12(7-8)17-13(18)9-3-1-2-4-11(9)16/h1-7H,16H2,(H,17,18). The normalized spacial score (nSPS) is 10.1. The molecule has 0 saturated carbocycles. The SMILES string of the molecule is Nc1ccccc1C(=O)Nc1cc(Cl)ccc1Cl. The van der Waals surface area contributed by atoms with Crippen molar-refractivity contribution in [2.45, 2.75) is 0 Å². The molecular weight excluding hydrogens is 271 g/mol. The highest BCUT2D eigenvalue weighted by Crippen LogP contribution is 2.26. The quantitative estimate of drug-likeness (QED) is 0.822. The first-order chi connectivity index (χ1) is 8.58. The molecular formula is C13H10Cl2N2O. The molecule has 2 aromatic carbocycles. The fourth-order valence-corrected chi connectivity index (χ4v) is 1.82. The molecule has 0 saturated heterocycles. The molecule has 2 rings (SSSR count). The van der Waals surface area contributed by atoms with E-state index in [-0.39, 0.29) is 5.91 Å². The lowest BCUT2D eigenvalue weighted by Crippen LogP contribution is -2.14. The van der Waals surface area contributed by atoms with E-state index in [2.05, 4.69) is 5.32 Å². The second-order valence-electron chi connectivity index (χ2n) is 3.67. The van der Waals surface area contributed by atoms with Crippen LogP contribution in [-0.4, -0.2) is 5.91 Å². The summed E-state index contributed by atoms with van der Waals surface area (Å²) in [6.45, 7) is 0. The van der Waals surface area contributed by atoms with Crippen LogP contribution >= 0.6 is 23.2 Å². The van der Waals surface area contributed by atoms with Gasteiger partial charge in [-0.3, -0.25) is 4.79 Å². The largest absolute Gasteiger partial charge is 0.398 e. The molecule has 0 fully saturated rings. The van der Waals surface area contributed by atoms with E-state index in [1.54, 1.807) is 42.5 Å². The number of carbonyl (C=O) groups excluding carboxylic acids is 1. The Hall–Kier alpha value is -1.71. The van der Waals surface area contributed by atoms with Crippen molar-refractivity contribution >= 4 is 40.5 Å². The lowest BCUT2D eigenvalue weighted by atomic mass is 10.1. The maximum Gasteiger partial charge on any atom is 0.257 e. The van der Waals surface area contributed by atoms with Gasteiger partial charge in [-0.1, -0.05) is 35.3 Å². The highest BCUT2D eigenvalue weighted by atomic mass is 35.5. The zero-order chi connectivity index (χ0) is 13.1. The zero-order valence-electron chi connectivity index (χ0n) is 9.28. The third kappa shape index (κ3) is 2.75. The molecule has 0 aliphatic heterocycles. The van der Waals surface area contributed by atoms with Crippen molar-refractivity contribution in [3.63, 3.8) is 0 Å². The van der Waals surface area contributed by atoms with Crippen LogP contribution in [0, 0.1) is 0 Å². The lowest BCUT2D eigenvalue weighted by Gasteiger charge is -2.09. The summed E-state index contributed by atoms with van der Waals surface area (Å²) in [5, 5.41) is 3.59. The number of nitrogens with two attached hydrogens (primary N) is 1. The summed E-state index contributed by atoms with van der Waals surface area (Å²) >= 11 is 11.8. The third-order valence-electron chi connectivity index (χ3n) is 2.38. The molecule has 3 N–H and O–H groups in total. The van der Waals surface area contributed by atoms with Crippen molar-refractivity contribution in [3.05, 3.63) is 58.1 Å². The first-order valence-corrected chi connectivity index (χ1v) is 5.94. The topological polar surface area (TPSA) is 55.1 Å². The predicted octanol–water partition coefficient (Wildman–Crippen LogP) is 3.83. The van der Waals surface area contributed by atoms with E-state index in [1.165, 1.54) is 0 Å². The molecule has 2 aromatic rings. The van der Waals surface area contributed by atoms with Crippen LogP contribution in [-0.2, 0) is 0 Å². The van der Waals surface area contributed by atoms with Gasteiger partial charge in [-0.05, 0) is 30.3 Å². The monoisotopic (exact) mass is 280 g/mol. The molecule has 18 heavy (non-hydrogen) atoms. The van der Waals surface area contributed by atoms with E-state index in [9.17, 15) is 4.79 Å². The Balaban J connectivity index is 2.27. The summed E-state index contributed by atoms with van der Waals surface area (Å²) in [7, 11) is 0. The van der Waals surface area contributed by atoms with Crippen molar-refractivity contribution in [2.75, 3.05) is 11.1 Å². The molecule has 0 unspecified atom stereocenters. The van der Waals surface area contributed by atoms with E-state index in [4.69, 9.17) is 28.9 Å². The van der Waals surface area contributed by atoms with Crippen molar-refractivity contribution in [2.24, 2.45) is 0 Å². The van der Waals surface area contributed by atoms with Crippen LogP contribution in [0.25, 0.3) is 0 Å². The minimum Gasteiger partial charge on any atom is -0.398 e. The fourth-order valence-electron chi connectivity index (χ4n) is 1.49. The van der Waals surface area contributed by atoms with Gasteiger partial charge in [-0.25, -0.2) is 0 Å². The Morgan fingerprint density at radius 3 is 2.56 bits per heavy atom. The van der Waals surface area contributed by atoms with Crippen LogP contribution in [0.15, 0.2) is 42.5 Å². The number of nitrogens with one attached hydrogen (secondary N) is 1. The average Bonchev–Trinajstić information content (AvgIpc) is 2.34. The molecule has 5 heteroatoms. The summed E-state index contributed by atoms with van der Waals surface area (Å²) in [5.74, 6) is -0.322. The highest BCUT2D eigenvalue weighted by Gasteiger charge is 2.11. The Bertz CT molecular complexity index is 599. The van der Waals surface area contributed by atoms with Gasteiger partial charge in [0.2, 0.25) is 0 Å². The molecule has 0 aliphatic carbocycles. The number of rotatable bonds is 2. The van der Waals surface area contributed by atoms with Crippen molar-refractivity contribution in [1.29, 1.82) is 0 Å². The summed E-state index contributed by atoms with van der Waals surface area (Å²) in [5.41, 5.74) is 6.99. The first-order valence-electron chi connectivity index (χ1n) is 5.19. The number of carbonyl (C=O) groups is 1. The number of benzene rings is 2. The number of halogens is 2. The van der Waals surface area contributed by atoms with Gasteiger partial charge >= 0.3 is 0 Å². The first kappa shape index (κ1) is 12.7. The van der Waals surface area contributed by atoms with Crippen molar-refractivity contribution in [3.8, 4) is 0 Å². The van der Waals surface area contributed by atoms with Gasteiger partial charge in [0.05, 0.1) is 16.3 Å². The maximum absolute atomic E-state index is 12.0. The van der Waals surface area contributed by atoms with Crippen molar-refractivity contribution in [1.82, 2.24) is 0 Å². The second kappa shape index (κ2) is 5.29.